The number of carbonyl (C=O) groups excluding carboxylic acids is 1. The van der Waals surface area contributed by atoms with Crippen LogP contribution in [0.15, 0.2) is 36.4 Å². The summed E-state index contributed by atoms with van der Waals surface area (Å²) in [4.78, 5) is 12.0. The summed E-state index contributed by atoms with van der Waals surface area (Å²) in [5.74, 6) is -0.990. The van der Waals surface area contributed by atoms with Crippen LogP contribution >= 0.6 is 0 Å². The maximum Gasteiger partial charge on any atom is 0.258 e. The number of nitrogens with one attached hydrogen (secondary N) is 1. The van der Waals surface area contributed by atoms with Crippen molar-refractivity contribution in [2.75, 3.05) is 11.1 Å². The minimum Gasteiger partial charge on any atom is -0.399 e. The number of nitrogens with two attached hydrogens (primary N) is 1. The number of carbonyl (C=O) groups is 1. The first-order valence-corrected chi connectivity index (χ1v) is 5.91. The Kier molecular flexibility index (Phi) is 3.51. The highest BCUT2D eigenvalue weighted by Gasteiger charge is 2.12. The molecule has 2 rings (SSSR count). The van der Waals surface area contributed by atoms with E-state index in [1.54, 1.807) is 31.2 Å². The number of nitrogen functional groups attached to an aromatic ring is 1. The van der Waals surface area contributed by atoms with Gasteiger partial charge in [-0.25, -0.2) is 4.39 Å². The van der Waals surface area contributed by atoms with Crippen LogP contribution in [-0.4, -0.2) is 5.91 Å². The fourth-order valence-corrected chi connectivity index (χ4v) is 1.82. The molecule has 2 aromatic rings. The van der Waals surface area contributed by atoms with Gasteiger partial charge in [0.1, 0.15) is 5.82 Å². The quantitative estimate of drug-likeness (QED) is 0.812. The van der Waals surface area contributed by atoms with Gasteiger partial charge in [-0.3, -0.25) is 4.79 Å². The normalized spacial score (nSPS) is 10.3. The number of halogens is 1. The Morgan fingerprint density at radius 3 is 2.53 bits per heavy atom. The predicted molar refractivity (Wildman–Crippen MR) is 74.7 cm³/mol. The molecule has 98 valence electrons. The Hall–Kier alpha value is -2.36. The van der Waals surface area contributed by atoms with Gasteiger partial charge in [-0.2, -0.15) is 0 Å². The molecule has 0 radical (unpaired) electrons. The number of anilines is 2. The van der Waals surface area contributed by atoms with Crippen LogP contribution in [0.1, 0.15) is 21.5 Å². The van der Waals surface area contributed by atoms with E-state index in [4.69, 9.17) is 5.73 Å². The highest BCUT2D eigenvalue weighted by Crippen LogP contribution is 2.19. The zero-order valence-corrected chi connectivity index (χ0v) is 10.8. The number of hydrogen-bond acceptors (Lipinski definition) is 2. The maximum atomic E-state index is 13.7. The molecule has 0 fully saturated rings. The summed E-state index contributed by atoms with van der Waals surface area (Å²) in [7, 11) is 0. The second-order valence-corrected chi connectivity index (χ2v) is 4.51. The smallest absolute Gasteiger partial charge is 0.258 e. The summed E-state index contributed by atoms with van der Waals surface area (Å²) in [6.07, 6.45) is 0. The Morgan fingerprint density at radius 1 is 1.16 bits per heavy atom. The standard InChI is InChI=1S/C15H15FN2O/c1-9-3-5-12(13(16)7-9)15(19)18-14-6-4-11(17)8-10(14)2/h3-8H,17H2,1-2H3,(H,18,19). The largest absolute Gasteiger partial charge is 0.399 e. The molecule has 3 nitrogen and oxygen atoms in total. The van der Waals surface area contributed by atoms with Crippen molar-refractivity contribution >= 4 is 17.3 Å². The van der Waals surface area contributed by atoms with Crippen LogP contribution in [0.4, 0.5) is 15.8 Å². The molecule has 0 unspecified atom stereocenters. The zero-order chi connectivity index (χ0) is 14.0. The highest BCUT2D eigenvalue weighted by atomic mass is 19.1. The summed E-state index contributed by atoms with van der Waals surface area (Å²) >= 11 is 0. The predicted octanol–water partition coefficient (Wildman–Crippen LogP) is 3.28. The molecule has 0 atom stereocenters. The van der Waals surface area contributed by atoms with E-state index in [-0.39, 0.29) is 5.56 Å². The van der Waals surface area contributed by atoms with Crippen molar-refractivity contribution in [3.8, 4) is 0 Å². The van der Waals surface area contributed by atoms with Gasteiger partial charge in [-0.15, -0.1) is 0 Å². The SMILES string of the molecule is Cc1ccc(C(=O)Nc2ccc(N)cc2C)c(F)c1. The molecule has 4 heteroatoms. The molecule has 0 aliphatic heterocycles. The van der Waals surface area contributed by atoms with Crippen molar-refractivity contribution in [3.63, 3.8) is 0 Å². The molecule has 0 saturated heterocycles. The van der Waals surface area contributed by atoms with Crippen LogP contribution in [-0.2, 0) is 0 Å². The summed E-state index contributed by atoms with van der Waals surface area (Å²) in [5, 5.41) is 2.68. The number of hydrogen-bond donors (Lipinski definition) is 2. The van der Waals surface area contributed by atoms with Gasteiger partial charge in [-0.1, -0.05) is 6.07 Å². The van der Waals surface area contributed by atoms with Crippen molar-refractivity contribution in [3.05, 3.63) is 58.9 Å². The molecule has 0 heterocycles. The molecule has 0 saturated carbocycles. The highest BCUT2D eigenvalue weighted by molar-refractivity contribution is 6.04. The van der Waals surface area contributed by atoms with Crippen LogP contribution in [0.5, 0.6) is 0 Å². The molecule has 0 aliphatic rings. The van der Waals surface area contributed by atoms with Gasteiger partial charge in [-0.05, 0) is 55.3 Å². The first-order chi connectivity index (χ1) is 8.97. The van der Waals surface area contributed by atoms with Crippen molar-refractivity contribution in [1.29, 1.82) is 0 Å². The minimum atomic E-state index is -0.523. The summed E-state index contributed by atoms with van der Waals surface area (Å²) in [6.45, 7) is 3.60. The number of rotatable bonds is 2. The van der Waals surface area contributed by atoms with E-state index in [0.29, 0.717) is 11.4 Å². The Balaban J connectivity index is 2.25. The van der Waals surface area contributed by atoms with Gasteiger partial charge in [0, 0.05) is 11.4 Å². The second kappa shape index (κ2) is 5.10. The Bertz CT molecular complexity index is 638. The molecule has 2 aromatic carbocycles. The maximum absolute atomic E-state index is 13.7. The first kappa shape index (κ1) is 13.1. The molecule has 0 spiro atoms. The molecule has 0 aromatic heterocycles. The van der Waals surface area contributed by atoms with E-state index in [1.807, 2.05) is 6.92 Å². The van der Waals surface area contributed by atoms with Gasteiger partial charge < -0.3 is 11.1 Å². The minimum absolute atomic E-state index is 0.0295. The Morgan fingerprint density at radius 2 is 1.89 bits per heavy atom. The Labute approximate surface area is 111 Å². The van der Waals surface area contributed by atoms with Crippen molar-refractivity contribution in [2.24, 2.45) is 0 Å². The summed E-state index contributed by atoms with van der Waals surface area (Å²) < 4.78 is 13.7. The monoisotopic (exact) mass is 258 g/mol. The molecule has 3 N–H and O–H groups in total. The van der Waals surface area contributed by atoms with E-state index < -0.39 is 11.7 Å². The lowest BCUT2D eigenvalue weighted by molar-refractivity contribution is 0.102. The zero-order valence-electron chi connectivity index (χ0n) is 10.8. The fraction of sp³-hybridized carbons (Fsp3) is 0.133. The van der Waals surface area contributed by atoms with Crippen molar-refractivity contribution in [2.45, 2.75) is 13.8 Å². The average molecular weight is 258 g/mol. The fourth-order valence-electron chi connectivity index (χ4n) is 1.82. The third-order valence-electron chi connectivity index (χ3n) is 2.87. The average Bonchev–Trinajstić information content (AvgIpc) is 2.32. The van der Waals surface area contributed by atoms with Crippen LogP contribution < -0.4 is 11.1 Å². The third-order valence-corrected chi connectivity index (χ3v) is 2.87. The van der Waals surface area contributed by atoms with Gasteiger partial charge in [0.25, 0.3) is 5.91 Å². The second-order valence-electron chi connectivity index (χ2n) is 4.51. The van der Waals surface area contributed by atoms with Crippen LogP contribution in [0.3, 0.4) is 0 Å². The lowest BCUT2D eigenvalue weighted by Gasteiger charge is -2.10. The topological polar surface area (TPSA) is 55.1 Å². The molecular formula is C15H15FN2O. The van der Waals surface area contributed by atoms with Gasteiger partial charge in [0.15, 0.2) is 0 Å². The van der Waals surface area contributed by atoms with E-state index >= 15 is 0 Å². The molecular weight excluding hydrogens is 243 g/mol. The van der Waals surface area contributed by atoms with Crippen molar-refractivity contribution in [1.82, 2.24) is 0 Å². The molecule has 1 amide bonds. The van der Waals surface area contributed by atoms with Gasteiger partial charge in [0.05, 0.1) is 5.56 Å². The number of aryl methyl sites for hydroxylation is 2. The number of amides is 1. The first-order valence-electron chi connectivity index (χ1n) is 5.91. The van der Waals surface area contributed by atoms with E-state index in [9.17, 15) is 9.18 Å². The molecule has 0 bridgehead atoms. The van der Waals surface area contributed by atoms with Gasteiger partial charge in [0.2, 0.25) is 0 Å². The van der Waals surface area contributed by atoms with Crippen LogP contribution in [0.2, 0.25) is 0 Å². The van der Waals surface area contributed by atoms with E-state index in [1.165, 1.54) is 12.1 Å². The molecule has 19 heavy (non-hydrogen) atoms. The summed E-state index contributed by atoms with van der Waals surface area (Å²) in [5.41, 5.74) is 8.52. The van der Waals surface area contributed by atoms with Gasteiger partial charge >= 0.3 is 0 Å². The van der Waals surface area contributed by atoms with E-state index in [0.717, 1.165) is 11.1 Å². The van der Waals surface area contributed by atoms with E-state index in [2.05, 4.69) is 5.32 Å². The number of benzene rings is 2. The van der Waals surface area contributed by atoms with Crippen LogP contribution in [0, 0.1) is 19.7 Å². The third kappa shape index (κ3) is 2.91. The van der Waals surface area contributed by atoms with Crippen LogP contribution in [0.25, 0.3) is 0 Å². The van der Waals surface area contributed by atoms with Crippen molar-refractivity contribution < 1.29 is 9.18 Å². The lowest BCUT2D eigenvalue weighted by Crippen LogP contribution is -2.14. The molecule has 0 aliphatic carbocycles. The lowest BCUT2D eigenvalue weighted by atomic mass is 10.1. The summed E-state index contributed by atoms with van der Waals surface area (Å²) in [6, 6.07) is 9.66.